The first-order valence-electron chi connectivity index (χ1n) is 6.75. The highest BCUT2D eigenvalue weighted by Gasteiger charge is 2.31. The molecule has 0 saturated carbocycles. The predicted molar refractivity (Wildman–Crippen MR) is 70.2 cm³/mol. The predicted octanol–water partition coefficient (Wildman–Crippen LogP) is 2.43. The van der Waals surface area contributed by atoms with Gasteiger partial charge in [-0.15, -0.1) is 0 Å². The third-order valence-corrected chi connectivity index (χ3v) is 4.06. The Bertz CT molecular complexity index is 391. The molecule has 0 aromatic carbocycles. The molecule has 1 aromatic heterocycles. The average Bonchev–Trinajstić information content (AvgIpc) is 2.76. The van der Waals surface area contributed by atoms with E-state index < -0.39 is 0 Å². The van der Waals surface area contributed by atoms with Gasteiger partial charge >= 0.3 is 0 Å². The fourth-order valence-electron chi connectivity index (χ4n) is 3.19. The van der Waals surface area contributed by atoms with Crippen LogP contribution in [0.25, 0.3) is 0 Å². The number of anilines is 1. The summed E-state index contributed by atoms with van der Waals surface area (Å²) in [5.41, 5.74) is 1.09. The van der Waals surface area contributed by atoms with Crippen LogP contribution in [0.3, 0.4) is 0 Å². The molecule has 1 N–H and O–H groups in total. The van der Waals surface area contributed by atoms with Crippen molar-refractivity contribution >= 4 is 5.82 Å². The molecule has 0 radical (unpaired) electrons. The summed E-state index contributed by atoms with van der Waals surface area (Å²) >= 11 is 0. The maximum atomic E-state index is 4.53. The minimum atomic E-state index is 0.614. The minimum absolute atomic E-state index is 0.614. The van der Waals surface area contributed by atoms with E-state index in [4.69, 9.17) is 0 Å². The van der Waals surface area contributed by atoms with Gasteiger partial charge in [0, 0.05) is 24.3 Å². The lowest BCUT2D eigenvalue weighted by Crippen LogP contribution is -2.42. The zero-order valence-corrected chi connectivity index (χ0v) is 10.5. The smallest absolute Gasteiger partial charge is 0.126 e. The van der Waals surface area contributed by atoms with Crippen LogP contribution < -0.4 is 5.32 Å². The van der Waals surface area contributed by atoms with E-state index in [0.29, 0.717) is 6.04 Å². The number of nitrogens with one attached hydrogen (secondary N) is 1. The van der Waals surface area contributed by atoms with Crippen LogP contribution in [-0.2, 0) is 0 Å². The zero-order valence-electron chi connectivity index (χ0n) is 10.5. The van der Waals surface area contributed by atoms with Gasteiger partial charge in [-0.1, -0.05) is 6.07 Å². The van der Waals surface area contributed by atoms with Crippen LogP contribution in [0, 0.1) is 6.92 Å². The van der Waals surface area contributed by atoms with Gasteiger partial charge in [0.25, 0.3) is 0 Å². The average molecular weight is 231 g/mol. The SMILES string of the molecule is Cc1cccc(NC2CCN3CCCC3C2)n1. The third-order valence-electron chi connectivity index (χ3n) is 4.06. The van der Waals surface area contributed by atoms with Gasteiger partial charge in [0.1, 0.15) is 5.82 Å². The van der Waals surface area contributed by atoms with Gasteiger partial charge in [-0.25, -0.2) is 4.98 Å². The summed E-state index contributed by atoms with van der Waals surface area (Å²) in [4.78, 5) is 7.18. The molecule has 2 atom stereocenters. The molecule has 3 nitrogen and oxygen atoms in total. The Labute approximate surface area is 103 Å². The maximum absolute atomic E-state index is 4.53. The highest BCUT2D eigenvalue weighted by Crippen LogP contribution is 2.28. The van der Waals surface area contributed by atoms with Crippen molar-refractivity contribution in [2.24, 2.45) is 0 Å². The van der Waals surface area contributed by atoms with E-state index in [1.165, 1.54) is 38.8 Å². The van der Waals surface area contributed by atoms with E-state index in [1.807, 2.05) is 13.0 Å². The quantitative estimate of drug-likeness (QED) is 0.847. The fourth-order valence-corrected chi connectivity index (χ4v) is 3.19. The van der Waals surface area contributed by atoms with Gasteiger partial charge in [0.05, 0.1) is 0 Å². The van der Waals surface area contributed by atoms with Gasteiger partial charge in [0.2, 0.25) is 0 Å². The first-order valence-corrected chi connectivity index (χ1v) is 6.75. The lowest BCUT2D eigenvalue weighted by atomic mass is 9.97. The van der Waals surface area contributed by atoms with Gasteiger partial charge in [-0.2, -0.15) is 0 Å². The minimum Gasteiger partial charge on any atom is -0.367 e. The standard InChI is InChI=1S/C14H21N3/c1-11-4-2-6-14(15-11)16-12-7-9-17-8-3-5-13(17)10-12/h2,4,6,12-13H,3,5,7-10H2,1H3,(H,15,16). The van der Waals surface area contributed by atoms with Gasteiger partial charge in [-0.3, -0.25) is 0 Å². The second-order valence-corrected chi connectivity index (χ2v) is 5.36. The second-order valence-electron chi connectivity index (χ2n) is 5.36. The molecule has 17 heavy (non-hydrogen) atoms. The molecule has 2 saturated heterocycles. The lowest BCUT2D eigenvalue weighted by Gasteiger charge is -2.35. The number of nitrogens with zero attached hydrogens (tertiary/aromatic N) is 2. The van der Waals surface area contributed by atoms with E-state index in [-0.39, 0.29) is 0 Å². The summed E-state index contributed by atoms with van der Waals surface area (Å²) < 4.78 is 0. The Kier molecular flexibility index (Phi) is 3.02. The van der Waals surface area contributed by atoms with Crippen molar-refractivity contribution in [2.45, 2.75) is 44.7 Å². The monoisotopic (exact) mass is 231 g/mol. The molecule has 3 heteroatoms. The first kappa shape index (κ1) is 11.0. The second kappa shape index (κ2) is 4.65. The Hall–Kier alpha value is -1.09. The summed E-state index contributed by atoms with van der Waals surface area (Å²) in [5.74, 6) is 1.04. The van der Waals surface area contributed by atoms with Crippen LogP contribution in [0.5, 0.6) is 0 Å². The van der Waals surface area contributed by atoms with Crippen molar-refractivity contribution in [2.75, 3.05) is 18.4 Å². The Balaban J connectivity index is 1.62. The molecule has 2 fully saturated rings. The van der Waals surface area contributed by atoms with Gasteiger partial charge in [-0.05, 0) is 51.3 Å². The van der Waals surface area contributed by atoms with Gasteiger partial charge in [0.15, 0.2) is 0 Å². The van der Waals surface area contributed by atoms with E-state index in [2.05, 4.69) is 27.3 Å². The summed E-state index contributed by atoms with van der Waals surface area (Å²) in [5, 5.41) is 3.60. The molecule has 0 aliphatic carbocycles. The number of hydrogen-bond donors (Lipinski definition) is 1. The highest BCUT2D eigenvalue weighted by molar-refractivity contribution is 5.36. The summed E-state index contributed by atoms with van der Waals surface area (Å²) in [6.45, 7) is 4.62. The van der Waals surface area contributed by atoms with Gasteiger partial charge < -0.3 is 10.2 Å². The number of hydrogen-bond acceptors (Lipinski definition) is 3. The zero-order chi connectivity index (χ0) is 11.7. The molecule has 3 rings (SSSR count). The topological polar surface area (TPSA) is 28.2 Å². The van der Waals surface area contributed by atoms with Crippen molar-refractivity contribution < 1.29 is 0 Å². The molecule has 3 heterocycles. The van der Waals surface area contributed by atoms with E-state index in [1.54, 1.807) is 0 Å². The lowest BCUT2D eigenvalue weighted by molar-refractivity contribution is 0.188. The number of pyridine rings is 1. The van der Waals surface area contributed by atoms with Crippen LogP contribution in [-0.4, -0.2) is 35.1 Å². The summed E-state index contributed by atoms with van der Waals surface area (Å²) in [6.07, 6.45) is 5.32. The normalized spacial score (nSPS) is 29.0. The molecule has 2 unspecified atom stereocenters. The van der Waals surface area contributed by atoms with Crippen molar-refractivity contribution in [1.29, 1.82) is 0 Å². The Morgan fingerprint density at radius 1 is 1.29 bits per heavy atom. The molecule has 2 aliphatic rings. The van der Waals surface area contributed by atoms with E-state index in [9.17, 15) is 0 Å². The Morgan fingerprint density at radius 2 is 2.24 bits per heavy atom. The van der Waals surface area contributed by atoms with Crippen molar-refractivity contribution in [3.8, 4) is 0 Å². The van der Waals surface area contributed by atoms with Crippen LogP contribution in [0.15, 0.2) is 18.2 Å². The molecule has 2 aliphatic heterocycles. The maximum Gasteiger partial charge on any atom is 0.126 e. The number of aromatic nitrogens is 1. The first-order chi connectivity index (χ1) is 8.31. The molecule has 0 bridgehead atoms. The number of aryl methyl sites for hydroxylation is 1. The number of fused-ring (bicyclic) bond motifs is 1. The van der Waals surface area contributed by atoms with Crippen LogP contribution in [0.4, 0.5) is 5.82 Å². The van der Waals surface area contributed by atoms with Crippen molar-refractivity contribution in [3.05, 3.63) is 23.9 Å². The molecule has 92 valence electrons. The Morgan fingerprint density at radius 3 is 3.12 bits per heavy atom. The largest absolute Gasteiger partial charge is 0.367 e. The van der Waals surface area contributed by atoms with Crippen molar-refractivity contribution in [1.82, 2.24) is 9.88 Å². The van der Waals surface area contributed by atoms with Crippen molar-refractivity contribution in [3.63, 3.8) is 0 Å². The van der Waals surface area contributed by atoms with E-state index in [0.717, 1.165) is 17.6 Å². The van der Waals surface area contributed by atoms with E-state index >= 15 is 0 Å². The molecular formula is C14H21N3. The molecule has 1 aromatic rings. The number of piperidine rings is 1. The summed E-state index contributed by atoms with van der Waals surface area (Å²) in [7, 11) is 0. The molecule has 0 spiro atoms. The third kappa shape index (κ3) is 2.44. The van der Waals surface area contributed by atoms with Crippen LogP contribution in [0.1, 0.15) is 31.4 Å². The molecule has 0 amide bonds. The highest BCUT2D eigenvalue weighted by atomic mass is 15.2. The van der Waals surface area contributed by atoms with Crippen LogP contribution in [0.2, 0.25) is 0 Å². The number of rotatable bonds is 2. The molecular weight excluding hydrogens is 210 g/mol. The fraction of sp³-hybridized carbons (Fsp3) is 0.643. The van der Waals surface area contributed by atoms with Crippen LogP contribution >= 0.6 is 0 Å². The summed E-state index contributed by atoms with van der Waals surface area (Å²) in [6, 6.07) is 7.64.